The third kappa shape index (κ3) is 3.59. The van der Waals surface area contributed by atoms with Crippen LogP contribution in [0.5, 0.6) is 0 Å². The fourth-order valence-electron chi connectivity index (χ4n) is 1.57. The molecule has 1 unspecified atom stereocenters. The highest BCUT2D eigenvalue weighted by atomic mass is 19.1. The molecule has 0 aliphatic carbocycles. The van der Waals surface area contributed by atoms with E-state index in [1.807, 2.05) is 7.05 Å². The number of quaternary nitrogens is 1. The van der Waals surface area contributed by atoms with E-state index in [9.17, 15) is 8.78 Å². The molecule has 0 radical (unpaired) electrons. The molecular formula is C12H18F2N+. The third-order valence-corrected chi connectivity index (χ3v) is 2.50. The molecule has 0 aromatic heterocycles. The quantitative estimate of drug-likeness (QED) is 0.762. The first-order valence-corrected chi connectivity index (χ1v) is 5.39. The molecule has 15 heavy (non-hydrogen) atoms. The van der Waals surface area contributed by atoms with Crippen LogP contribution >= 0.6 is 0 Å². The Morgan fingerprint density at radius 3 is 2.33 bits per heavy atom. The fourth-order valence-corrected chi connectivity index (χ4v) is 1.57. The van der Waals surface area contributed by atoms with E-state index in [1.165, 1.54) is 18.2 Å². The maximum Gasteiger partial charge on any atom is 0.135 e. The largest absolute Gasteiger partial charge is 0.333 e. The molecule has 0 fully saturated rings. The zero-order valence-electron chi connectivity index (χ0n) is 9.32. The Labute approximate surface area is 89.7 Å². The van der Waals surface area contributed by atoms with Gasteiger partial charge in [0, 0.05) is 0 Å². The summed E-state index contributed by atoms with van der Waals surface area (Å²) >= 11 is 0. The van der Waals surface area contributed by atoms with Gasteiger partial charge in [-0.1, -0.05) is 19.4 Å². The second-order valence-corrected chi connectivity index (χ2v) is 3.94. The summed E-state index contributed by atoms with van der Waals surface area (Å²) in [5, 5.41) is 0. The van der Waals surface area contributed by atoms with Gasteiger partial charge in [-0.3, -0.25) is 0 Å². The molecule has 0 aliphatic rings. The molecule has 1 atom stereocenters. The number of benzene rings is 1. The topological polar surface area (TPSA) is 4.44 Å². The van der Waals surface area contributed by atoms with Crippen LogP contribution < -0.4 is 4.90 Å². The van der Waals surface area contributed by atoms with Crippen LogP contribution in [0, 0.1) is 11.6 Å². The first kappa shape index (κ1) is 12.1. The Hall–Kier alpha value is -0.960. The van der Waals surface area contributed by atoms with Crippen molar-refractivity contribution in [2.45, 2.75) is 26.3 Å². The number of nitrogens with one attached hydrogen (secondary N) is 1. The van der Waals surface area contributed by atoms with Crippen LogP contribution in [-0.4, -0.2) is 13.6 Å². The van der Waals surface area contributed by atoms with E-state index in [-0.39, 0.29) is 5.56 Å². The highest BCUT2D eigenvalue weighted by molar-refractivity contribution is 5.18. The molecule has 0 bridgehead atoms. The molecule has 0 saturated carbocycles. The van der Waals surface area contributed by atoms with Crippen molar-refractivity contribution < 1.29 is 13.7 Å². The van der Waals surface area contributed by atoms with Crippen molar-refractivity contribution in [1.82, 2.24) is 0 Å². The predicted molar refractivity (Wildman–Crippen MR) is 56.7 cm³/mol. The van der Waals surface area contributed by atoms with Gasteiger partial charge in [-0.05, 0) is 18.6 Å². The molecule has 3 heteroatoms. The van der Waals surface area contributed by atoms with Crippen molar-refractivity contribution in [3.8, 4) is 0 Å². The zero-order chi connectivity index (χ0) is 11.3. The van der Waals surface area contributed by atoms with Gasteiger partial charge in [-0.2, -0.15) is 0 Å². The molecule has 1 nitrogen and oxygen atoms in total. The van der Waals surface area contributed by atoms with Crippen LogP contribution in [0.4, 0.5) is 8.78 Å². The van der Waals surface area contributed by atoms with E-state index in [0.29, 0.717) is 6.54 Å². The summed E-state index contributed by atoms with van der Waals surface area (Å²) in [6.45, 7) is 3.47. The maximum atomic E-state index is 13.3. The zero-order valence-corrected chi connectivity index (χ0v) is 9.32. The summed E-state index contributed by atoms with van der Waals surface area (Å²) in [5.74, 6) is -0.878. The average Bonchev–Trinajstić information content (AvgIpc) is 2.21. The molecule has 0 amide bonds. The van der Waals surface area contributed by atoms with Crippen molar-refractivity contribution >= 4 is 0 Å². The van der Waals surface area contributed by atoms with Gasteiger partial charge in [0.2, 0.25) is 0 Å². The lowest BCUT2D eigenvalue weighted by molar-refractivity contribution is -0.894. The number of unbranched alkanes of at least 4 members (excludes halogenated alkanes) is 1. The number of halogens is 2. The molecule has 0 spiro atoms. The van der Waals surface area contributed by atoms with Crippen molar-refractivity contribution in [2.24, 2.45) is 0 Å². The van der Waals surface area contributed by atoms with Gasteiger partial charge in [-0.25, -0.2) is 8.78 Å². The van der Waals surface area contributed by atoms with E-state index in [2.05, 4.69) is 6.92 Å². The lowest BCUT2D eigenvalue weighted by Gasteiger charge is -2.14. The van der Waals surface area contributed by atoms with E-state index in [4.69, 9.17) is 0 Å². The average molecular weight is 214 g/mol. The second kappa shape index (κ2) is 5.81. The summed E-state index contributed by atoms with van der Waals surface area (Å²) < 4.78 is 26.6. The van der Waals surface area contributed by atoms with Crippen molar-refractivity contribution in [1.29, 1.82) is 0 Å². The Balaban J connectivity index is 2.63. The molecule has 84 valence electrons. The molecule has 0 saturated heterocycles. The summed E-state index contributed by atoms with van der Waals surface area (Å²) in [4.78, 5) is 1.14. The smallest absolute Gasteiger partial charge is 0.135 e. The standard InChI is InChI=1S/C12H17F2N/c1-3-4-8-15(2)9-10-11(13)6-5-7-12(10)14/h5-7H,3-4,8-9H2,1-2H3/p+1. The summed E-state index contributed by atoms with van der Waals surface area (Å²) in [5.41, 5.74) is 0.200. The van der Waals surface area contributed by atoms with Gasteiger partial charge >= 0.3 is 0 Å². The Bertz CT molecular complexity index is 292. The first-order chi connectivity index (χ1) is 7.15. The lowest BCUT2D eigenvalue weighted by Crippen LogP contribution is -3.07. The van der Waals surface area contributed by atoms with Crippen LogP contribution in [0.15, 0.2) is 18.2 Å². The van der Waals surface area contributed by atoms with E-state index in [1.54, 1.807) is 0 Å². The minimum absolute atomic E-state index is 0.200. The molecule has 1 rings (SSSR count). The normalized spacial score (nSPS) is 12.8. The van der Waals surface area contributed by atoms with Crippen LogP contribution in [-0.2, 0) is 6.54 Å². The Kier molecular flexibility index (Phi) is 4.69. The summed E-state index contributed by atoms with van der Waals surface area (Å²) in [6.07, 6.45) is 2.19. The molecule has 1 aromatic carbocycles. The van der Waals surface area contributed by atoms with E-state index >= 15 is 0 Å². The van der Waals surface area contributed by atoms with E-state index < -0.39 is 11.6 Å². The number of hydrogen-bond acceptors (Lipinski definition) is 0. The number of hydrogen-bond donors (Lipinski definition) is 1. The lowest BCUT2D eigenvalue weighted by atomic mass is 10.2. The van der Waals surface area contributed by atoms with Gasteiger partial charge in [0.15, 0.2) is 0 Å². The molecule has 1 aromatic rings. The second-order valence-electron chi connectivity index (χ2n) is 3.94. The monoisotopic (exact) mass is 214 g/mol. The van der Waals surface area contributed by atoms with Crippen LogP contribution in [0.2, 0.25) is 0 Å². The SMILES string of the molecule is CCCC[NH+](C)Cc1c(F)cccc1F. The van der Waals surface area contributed by atoms with Crippen molar-refractivity contribution in [2.75, 3.05) is 13.6 Å². The third-order valence-electron chi connectivity index (χ3n) is 2.50. The van der Waals surface area contributed by atoms with Gasteiger partial charge in [0.25, 0.3) is 0 Å². The summed E-state index contributed by atoms with van der Waals surface area (Å²) in [6, 6.07) is 4.02. The van der Waals surface area contributed by atoms with Crippen LogP contribution in [0.1, 0.15) is 25.3 Å². The Morgan fingerprint density at radius 2 is 1.80 bits per heavy atom. The van der Waals surface area contributed by atoms with Crippen molar-refractivity contribution in [3.63, 3.8) is 0 Å². The highest BCUT2D eigenvalue weighted by Gasteiger charge is 2.12. The minimum Gasteiger partial charge on any atom is -0.333 e. The van der Waals surface area contributed by atoms with Gasteiger partial charge in [-0.15, -0.1) is 0 Å². The predicted octanol–water partition coefficient (Wildman–Crippen LogP) is 1.78. The molecule has 0 aliphatic heterocycles. The fraction of sp³-hybridized carbons (Fsp3) is 0.500. The number of rotatable bonds is 5. The van der Waals surface area contributed by atoms with Gasteiger partial charge in [0.1, 0.15) is 18.2 Å². The molecule has 1 N–H and O–H groups in total. The molecular weight excluding hydrogens is 196 g/mol. The van der Waals surface area contributed by atoms with Crippen molar-refractivity contribution in [3.05, 3.63) is 35.4 Å². The minimum atomic E-state index is -0.439. The first-order valence-electron chi connectivity index (χ1n) is 5.39. The Morgan fingerprint density at radius 1 is 1.20 bits per heavy atom. The highest BCUT2D eigenvalue weighted by Crippen LogP contribution is 2.10. The van der Waals surface area contributed by atoms with Gasteiger partial charge in [0.05, 0.1) is 19.2 Å². The maximum absolute atomic E-state index is 13.3. The summed E-state index contributed by atoms with van der Waals surface area (Å²) in [7, 11) is 1.96. The van der Waals surface area contributed by atoms with Crippen LogP contribution in [0.3, 0.4) is 0 Å². The van der Waals surface area contributed by atoms with E-state index in [0.717, 1.165) is 24.3 Å². The van der Waals surface area contributed by atoms with Gasteiger partial charge < -0.3 is 4.90 Å². The molecule has 0 heterocycles. The van der Waals surface area contributed by atoms with Crippen LogP contribution in [0.25, 0.3) is 0 Å².